The predicted octanol–water partition coefficient (Wildman–Crippen LogP) is 2.89. The molecular formula is C17H12N4O3S. The Bertz CT molecular complexity index is 921. The van der Waals surface area contributed by atoms with Crippen molar-refractivity contribution in [3.05, 3.63) is 80.9 Å². The molecule has 1 N–H and O–H groups in total. The summed E-state index contributed by atoms with van der Waals surface area (Å²) in [5, 5.41) is 23.2. The lowest BCUT2D eigenvalue weighted by Crippen LogP contribution is -2.46. The molecule has 0 fully saturated rings. The number of thiol groups is 1. The van der Waals surface area contributed by atoms with E-state index in [0.29, 0.717) is 11.3 Å². The summed E-state index contributed by atoms with van der Waals surface area (Å²) in [6.45, 7) is 0. The fourth-order valence-corrected chi connectivity index (χ4v) is 2.99. The minimum Gasteiger partial charge on any atom is -0.327 e. The van der Waals surface area contributed by atoms with E-state index in [1.54, 1.807) is 29.2 Å². The lowest BCUT2D eigenvalue weighted by atomic mass is 10.1. The van der Waals surface area contributed by atoms with Gasteiger partial charge in [-0.15, -0.1) is 12.6 Å². The lowest BCUT2D eigenvalue weighted by molar-refractivity contribution is -0.384. The number of nitro benzene ring substituents is 1. The van der Waals surface area contributed by atoms with Crippen LogP contribution in [0.1, 0.15) is 11.7 Å². The largest absolute Gasteiger partial charge is 0.327 e. The third-order valence-electron chi connectivity index (χ3n) is 3.75. The molecule has 1 aliphatic rings. The van der Waals surface area contributed by atoms with Crippen molar-refractivity contribution in [2.75, 3.05) is 4.90 Å². The van der Waals surface area contributed by atoms with Crippen molar-refractivity contribution in [1.29, 1.82) is 5.26 Å². The van der Waals surface area contributed by atoms with E-state index in [1.807, 2.05) is 24.3 Å². The topological polar surface area (TPSA) is 99.3 Å². The number of nitrogens with zero attached hydrogens (tertiary/aromatic N) is 3. The molecule has 1 aliphatic heterocycles. The maximum atomic E-state index is 12.2. The molecule has 0 saturated heterocycles. The van der Waals surface area contributed by atoms with Crippen LogP contribution in [0, 0.1) is 21.4 Å². The molecule has 8 heteroatoms. The van der Waals surface area contributed by atoms with Gasteiger partial charge in [0.25, 0.3) is 11.6 Å². The SMILES string of the molecule is N#CC1=C(S)N(c2ccccc2)C(c2cccc([N+](=O)[O-])c2)NC1=O. The molecule has 1 amide bonds. The summed E-state index contributed by atoms with van der Waals surface area (Å²) >= 11 is 4.37. The Hall–Kier alpha value is -3.31. The van der Waals surface area contributed by atoms with Crippen LogP contribution in [-0.4, -0.2) is 10.8 Å². The van der Waals surface area contributed by atoms with E-state index in [9.17, 15) is 20.2 Å². The highest BCUT2D eigenvalue weighted by atomic mass is 32.1. The summed E-state index contributed by atoms with van der Waals surface area (Å²) < 4.78 is 0. The zero-order valence-corrected chi connectivity index (χ0v) is 13.7. The van der Waals surface area contributed by atoms with Gasteiger partial charge in [-0.05, 0) is 12.1 Å². The van der Waals surface area contributed by atoms with Crippen LogP contribution in [0.4, 0.5) is 11.4 Å². The number of hydrogen-bond acceptors (Lipinski definition) is 6. The van der Waals surface area contributed by atoms with E-state index in [-0.39, 0.29) is 16.3 Å². The molecule has 3 rings (SSSR count). The van der Waals surface area contributed by atoms with Crippen LogP contribution in [0.2, 0.25) is 0 Å². The van der Waals surface area contributed by atoms with Gasteiger partial charge in [-0.2, -0.15) is 5.26 Å². The van der Waals surface area contributed by atoms with E-state index < -0.39 is 17.0 Å². The number of non-ortho nitro benzene ring substituents is 1. The Morgan fingerprint density at radius 1 is 1.20 bits per heavy atom. The highest BCUT2D eigenvalue weighted by Gasteiger charge is 2.34. The van der Waals surface area contributed by atoms with Gasteiger partial charge in [0.05, 0.1) is 9.95 Å². The summed E-state index contributed by atoms with van der Waals surface area (Å²) in [5.41, 5.74) is 0.996. The van der Waals surface area contributed by atoms with Crippen LogP contribution in [0.15, 0.2) is 65.2 Å². The molecule has 0 aliphatic carbocycles. The Morgan fingerprint density at radius 3 is 2.56 bits per heavy atom. The van der Waals surface area contributed by atoms with Crippen LogP contribution in [-0.2, 0) is 4.79 Å². The highest BCUT2D eigenvalue weighted by Crippen LogP contribution is 2.36. The summed E-state index contributed by atoms with van der Waals surface area (Å²) in [4.78, 5) is 24.4. The average Bonchev–Trinajstić information content (AvgIpc) is 2.62. The molecule has 124 valence electrons. The highest BCUT2D eigenvalue weighted by molar-refractivity contribution is 7.84. The number of rotatable bonds is 3. The third kappa shape index (κ3) is 3.05. The second-order valence-electron chi connectivity index (χ2n) is 5.24. The Labute approximate surface area is 148 Å². The molecule has 0 aromatic heterocycles. The first-order valence-electron chi connectivity index (χ1n) is 7.25. The van der Waals surface area contributed by atoms with Crippen molar-refractivity contribution < 1.29 is 9.72 Å². The zero-order chi connectivity index (χ0) is 18.0. The zero-order valence-electron chi connectivity index (χ0n) is 12.8. The number of anilines is 1. The molecule has 0 radical (unpaired) electrons. The molecule has 1 unspecified atom stereocenters. The van der Waals surface area contributed by atoms with Gasteiger partial charge in [0.2, 0.25) is 0 Å². The Balaban J connectivity index is 2.16. The van der Waals surface area contributed by atoms with Crippen molar-refractivity contribution in [2.45, 2.75) is 6.17 Å². The van der Waals surface area contributed by atoms with Gasteiger partial charge in [-0.25, -0.2) is 0 Å². The maximum absolute atomic E-state index is 12.2. The Kier molecular flexibility index (Phi) is 4.41. The lowest BCUT2D eigenvalue weighted by Gasteiger charge is -2.37. The smallest absolute Gasteiger partial charge is 0.269 e. The molecule has 2 aromatic rings. The standard InChI is InChI=1S/C17H12N4O3S/c18-10-14-16(22)19-15(11-5-4-8-13(9-11)21(23)24)20(17(14)25)12-6-2-1-3-7-12/h1-9,15,25H,(H,19,22). The number of carbonyl (C=O) groups is 1. The molecule has 7 nitrogen and oxygen atoms in total. The quantitative estimate of drug-likeness (QED) is 0.503. The summed E-state index contributed by atoms with van der Waals surface area (Å²) in [6, 6.07) is 16.9. The van der Waals surface area contributed by atoms with E-state index in [0.717, 1.165) is 0 Å². The van der Waals surface area contributed by atoms with Crippen molar-refractivity contribution in [1.82, 2.24) is 5.32 Å². The van der Waals surface area contributed by atoms with Crippen LogP contribution < -0.4 is 10.2 Å². The van der Waals surface area contributed by atoms with Crippen molar-refractivity contribution in [2.24, 2.45) is 0 Å². The molecule has 2 aromatic carbocycles. The Morgan fingerprint density at radius 2 is 1.92 bits per heavy atom. The summed E-state index contributed by atoms with van der Waals surface area (Å²) in [6.07, 6.45) is -0.723. The molecule has 1 heterocycles. The second-order valence-corrected chi connectivity index (χ2v) is 5.67. The number of nitro groups is 1. The number of nitrogens with one attached hydrogen (secondary N) is 1. The first kappa shape index (κ1) is 16.5. The van der Waals surface area contributed by atoms with Gasteiger partial charge in [-0.1, -0.05) is 30.3 Å². The fraction of sp³-hybridized carbons (Fsp3) is 0.0588. The van der Waals surface area contributed by atoms with Gasteiger partial charge in [-0.3, -0.25) is 14.9 Å². The van der Waals surface area contributed by atoms with Gasteiger partial charge in [0, 0.05) is 23.4 Å². The van der Waals surface area contributed by atoms with Crippen LogP contribution in [0.5, 0.6) is 0 Å². The molecule has 0 saturated carbocycles. The first-order valence-corrected chi connectivity index (χ1v) is 7.70. The van der Waals surface area contributed by atoms with Gasteiger partial charge < -0.3 is 10.2 Å². The molecule has 1 atom stereocenters. The number of hydrogen-bond donors (Lipinski definition) is 2. The number of carbonyl (C=O) groups excluding carboxylic acids is 1. The number of amides is 1. The minimum absolute atomic E-state index is 0.0875. The second kappa shape index (κ2) is 6.67. The predicted molar refractivity (Wildman–Crippen MR) is 94.5 cm³/mol. The minimum atomic E-state index is -0.723. The monoisotopic (exact) mass is 352 g/mol. The van der Waals surface area contributed by atoms with E-state index in [4.69, 9.17) is 0 Å². The van der Waals surface area contributed by atoms with E-state index in [1.165, 1.54) is 12.1 Å². The normalized spacial score (nSPS) is 17.0. The summed E-state index contributed by atoms with van der Waals surface area (Å²) in [7, 11) is 0. The van der Waals surface area contributed by atoms with Gasteiger partial charge >= 0.3 is 0 Å². The summed E-state index contributed by atoms with van der Waals surface area (Å²) in [5.74, 6) is -0.573. The van der Waals surface area contributed by atoms with Crippen LogP contribution >= 0.6 is 12.6 Å². The van der Waals surface area contributed by atoms with E-state index >= 15 is 0 Å². The van der Waals surface area contributed by atoms with Crippen LogP contribution in [0.25, 0.3) is 0 Å². The molecule has 0 spiro atoms. The van der Waals surface area contributed by atoms with Gasteiger partial charge in [0.15, 0.2) is 0 Å². The maximum Gasteiger partial charge on any atom is 0.269 e. The first-order chi connectivity index (χ1) is 12.0. The fourth-order valence-electron chi connectivity index (χ4n) is 2.61. The number of benzene rings is 2. The van der Waals surface area contributed by atoms with Gasteiger partial charge in [0.1, 0.15) is 17.8 Å². The van der Waals surface area contributed by atoms with Crippen molar-refractivity contribution in [3.63, 3.8) is 0 Å². The van der Waals surface area contributed by atoms with E-state index in [2.05, 4.69) is 17.9 Å². The number of nitriles is 1. The third-order valence-corrected chi connectivity index (χ3v) is 4.19. The number of para-hydroxylation sites is 1. The molecule has 25 heavy (non-hydrogen) atoms. The molecular weight excluding hydrogens is 340 g/mol. The van der Waals surface area contributed by atoms with Crippen molar-refractivity contribution >= 4 is 29.9 Å². The average molecular weight is 352 g/mol. The molecule has 0 bridgehead atoms. The van der Waals surface area contributed by atoms with Crippen molar-refractivity contribution in [3.8, 4) is 6.07 Å². The van der Waals surface area contributed by atoms with Crippen LogP contribution in [0.3, 0.4) is 0 Å².